The zero-order valence-electron chi connectivity index (χ0n) is 25.1. The van der Waals surface area contributed by atoms with Crippen LogP contribution in [-0.4, -0.2) is 23.8 Å². The number of nitrogens with zero attached hydrogens (tertiary/aromatic N) is 2. The van der Waals surface area contributed by atoms with Crippen molar-refractivity contribution in [1.29, 1.82) is 0 Å². The second-order valence-corrected chi connectivity index (χ2v) is 11.4. The first kappa shape index (κ1) is 30.0. The Kier molecular flexibility index (Phi) is 8.62. The first-order valence-corrected chi connectivity index (χ1v) is 15.5. The van der Waals surface area contributed by atoms with Crippen molar-refractivity contribution in [3.63, 3.8) is 0 Å². The highest BCUT2D eigenvalue weighted by Gasteiger charge is 2.33. The van der Waals surface area contributed by atoms with E-state index in [-0.39, 0.29) is 17.7 Å². The van der Waals surface area contributed by atoms with Gasteiger partial charge in [-0.2, -0.15) is 0 Å². The number of hydrogen-bond acceptors (Lipinski definition) is 7. The molecule has 0 saturated heterocycles. The standard InChI is InChI=1S/C36H31FN2O5S/c1-4-42-30-19-23(13-18-29(30)44-21-26-11-8-10-24-9-6-7-12-28(24)26)20-31-34(40)39-33(25-14-16-27(37)17-15-25)32(35(41)43-5-2)22(3)38-36(39)45-31/h6-20,33H,4-5,21H2,1-3H3/b31-20-/t33-/m1/s1. The molecular formula is C36H31FN2O5S. The van der Waals surface area contributed by atoms with Crippen LogP contribution in [-0.2, 0) is 16.1 Å². The van der Waals surface area contributed by atoms with Crippen molar-refractivity contribution in [3.05, 3.63) is 138 Å². The normalized spacial score (nSPS) is 14.7. The maximum atomic E-state index is 13.9. The molecule has 1 aromatic heterocycles. The fourth-order valence-corrected chi connectivity index (χ4v) is 6.53. The summed E-state index contributed by atoms with van der Waals surface area (Å²) in [7, 11) is 0. The van der Waals surface area contributed by atoms with E-state index in [0.717, 1.165) is 21.9 Å². The molecule has 0 aliphatic carbocycles. The number of hydrogen-bond donors (Lipinski definition) is 0. The highest BCUT2D eigenvalue weighted by atomic mass is 32.1. The van der Waals surface area contributed by atoms with E-state index in [2.05, 4.69) is 23.2 Å². The molecule has 0 spiro atoms. The van der Waals surface area contributed by atoms with Gasteiger partial charge in [0, 0.05) is 0 Å². The zero-order chi connectivity index (χ0) is 31.5. The third-order valence-electron chi connectivity index (χ3n) is 7.53. The van der Waals surface area contributed by atoms with E-state index in [1.807, 2.05) is 49.4 Å². The molecule has 0 unspecified atom stereocenters. The number of allylic oxidation sites excluding steroid dienone is 1. The Hall–Kier alpha value is -5.02. The van der Waals surface area contributed by atoms with Gasteiger partial charge >= 0.3 is 5.97 Å². The van der Waals surface area contributed by atoms with E-state index < -0.39 is 17.8 Å². The number of carbonyl (C=O) groups excluding carboxylic acids is 1. The van der Waals surface area contributed by atoms with E-state index in [0.29, 0.717) is 45.3 Å². The van der Waals surface area contributed by atoms with Crippen LogP contribution < -0.4 is 24.4 Å². The lowest BCUT2D eigenvalue weighted by molar-refractivity contribution is -0.139. The maximum absolute atomic E-state index is 13.9. The summed E-state index contributed by atoms with van der Waals surface area (Å²) in [4.78, 5) is 32.0. The minimum absolute atomic E-state index is 0.167. The summed E-state index contributed by atoms with van der Waals surface area (Å²) in [6.07, 6.45) is 1.77. The van der Waals surface area contributed by atoms with Gasteiger partial charge in [-0.15, -0.1) is 0 Å². The summed E-state index contributed by atoms with van der Waals surface area (Å²) < 4.78 is 33.2. The Morgan fingerprint density at radius 1 is 0.956 bits per heavy atom. The van der Waals surface area contributed by atoms with E-state index in [4.69, 9.17) is 14.2 Å². The molecule has 0 bridgehead atoms. The van der Waals surface area contributed by atoms with Crippen molar-refractivity contribution >= 4 is 34.2 Å². The average Bonchev–Trinajstić information content (AvgIpc) is 3.34. The molecule has 0 radical (unpaired) electrons. The van der Waals surface area contributed by atoms with Gasteiger partial charge in [-0.3, -0.25) is 9.36 Å². The smallest absolute Gasteiger partial charge is 0.338 e. The molecule has 7 nitrogen and oxygen atoms in total. The van der Waals surface area contributed by atoms with E-state index in [1.165, 1.54) is 28.0 Å². The Morgan fingerprint density at radius 3 is 2.51 bits per heavy atom. The van der Waals surface area contributed by atoms with Crippen molar-refractivity contribution < 1.29 is 23.4 Å². The van der Waals surface area contributed by atoms with Crippen molar-refractivity contribution in [1.82, 2.24) is 4.57 Å². The second-order valence-electron chi connectivity index (χ2n) is 10.4. The van der Waals surface area contributed by atoms with Crippen LogP contribution in [0.2, 0.25) is 0 Å². The lowest BCUT2D eigenvalue weighted by Crippen LogP contribution is -2.39. The van der Waals surface area contributed by atoms with Gasteiger partial charge in [-0.05, 0) is 78.6 Å². The molecule has 9 heteroatoms. The van der Waals surface area contributed by atoms with E-state index in [1.54, 1.807) is 32.1 Å². The maximum Gasteiger partial charge on any atom is 0.338 e. The number of ether oxygens (including phenoxy) is 3. The van der Waals surface area contributed by atoms with Crippen LogP contribution >= 0.6 is 11.3 Å². The minimum Gasteiger partial charge on any atom is -0.490 e. The molecule has 1 aliphatic rings. The lowest BCUT2D eigenvalue weighted by Gasteiger charge is -2.24. The fourth-order valence-electron chi connectivity index (χ4n) is 5.48. The monoisotopic (exact) mass is 622 g/mol. The van der Waals surface area contributed by atoms with Gasteiger partial charge in [0.15, 0.2) is 16.3 Å². The topological polar surface area (TPSA) is 79.1 Å². The molecular weight excluding hydrogens is 591 g/mol. The molecule has 45 heavy (non-hydrogen) atoms. The third-order valence-corrected chi connectivity index (χ3v) is 8.51. The van der Waals surface area contributed by atoms with E-state index >= 15 is 0 Å². The van der Waals surface area contributed by atoms with Gasteiger partial charge in [0.05, 0.1) is 35.1 Å². The Bertz CT molecular complexity index is 2110. The van der Waals surface area contributed by atoms with Gasteiger partial charge in [0.1, 0.15) is 12.4 Å². The minimum atomic E-state index is -0.813. The van der Waals surface area contributed by atoms with Gasteiger partial charge in [0.25, 0.3) is 5.56 Å². The first-order chi connectivity index (χ1) is 21.9. The molecule has 228 valence electrons. The van der Waals surface area contributed by atoms with Crippen molar-refractivity contribution in [2.75, 3.05) is 13.2 Å². The molecule has 0 saturated carbocycles. The largest absolute Gasteiger partial charge is 0.490 e. The van der Waals surface area contributed by atoms with E-state index in [9.17, 15) is 14.0 Å². The van der Waals surface area contributed by atoms with Crippen molar-refractivity contribution in [2.45, 2.75) is 33.4 Å². The summed E-state index contributed by atoms with van der Waals surface area (Å²) in [6.45, 7) is 6.30. The number of fused-ring (bicyclic) bond motifs is 2. The highest BCUT2D eigenvalue weighted by Crippen LogP contribution is 2.32. The van der Waals surface area contributed by atoms with Gasteiger partial charge in [-0.1, -0.05) is 72.0 Å². The van der Waals surface area contributed by atoms with Crippen LogP contribution in [0.5, 0.6) is 11.5 Å². The Balaban J connectivity index is 1.37. The lowest BCUT2D eigenvalue weighted by atomic mass is 9.96. The third kappa shape index (κ3) is 6.04. The summed E-state index contributed by atoms with van der Waals surface area (Å²) in [6, 6.07) is 24.8. The Morgan fingerprint density at radius 2 is 1.73 bits per heavy atom. The highest BCUT2D eigenvalue weighted by molar-refractivity contribution is 7.07. The summed E-state index contributed by atoms with van der Waals surface area (Å²) in [5, 5.41) is 2.27. The number of aromatic nitrogens is 1. The van der Waals surface area contributed by atoms with Gasteiger partial charge < -0.3 is 14.2 Å². The van der Waals surface area contributed by atoms with Crippen LogP contribution in [0.25, 0.3) is 16.8 Å². The number of benzene rings is 4. The van der Waals surface area contributed by atoms with Crippen LogP contribution in [0.3, 0.4) is 0 Å². The molecule has 6 rings (SSSR count). The first-order valence-electron chi connectivity index (χ1n) is 14.7. The molecule has 2 heterocycles. The van der Waals surface area contributed by atoms with Gasteiger partial charge in [0.2, 0.25) is 0 Å². The summed E-state index contributed by atoms with van der Waals surface area (Å²) >= 11 is 1.22. The fraction of sp³-hybridized carbons (Fsp3) is 0.194. The summed E-state index contributed by atoms with van der Waals surface area (Å²) in [5.41, 5.74) is 2.75. The average molecular weight is 623 g/mol. The number of halogens is 1. The van der Waals surface area contributed by atoms with Crippen LogP contribution in [0.1, 0.15) is 43.5 Å². The molecule has 0 fully saturated rings. The Labute approximate surface area is 263 Å². The van der Waals surface area contributed by atoms with Crippen LogP contribution in [0.4, 0.5) is 4.39 Å². The molecule has 1 aliphatic heterocycles. The predicted octanol–water partition coefficient (Wildman–Crippen LogP) is 6.07. The predicted molar refractivity (Wildman–Crippen MR) is 173 cm³/mol. The van der Waals surface area contributed by atoms with Crippen LogP contribution in [0.15, 0.2) is 106 Å². The van der Waals surface area contributed by atoms with Gasteiger partial charge in [-0.25, -0.2) is 14.2 Å². The van der Waals surface area contributed by atoms with Crippen molar-refractivity contribution in [2.24, 2.45) is 4.99 Å². The number of esters is 1. The number of carbonyl (C=O) groups is 1. The second kappa shape index (κ2) is 12.9. The SMILES string of the molecule is CCOC(=O)C1=C(C)N=c2s/c(=C\c3ccc(OCc4cccc5ccccc45)c(OCC)c3)c(=O)n2[C@@H]1c1ccc(F)cc1. The van der Waals surface area contributed by atoms with Crippen LogP contribution in [0, 0.1) is 5.82 Å². The molecule has 1 atom stereocenters. The quantitative estimate of drug-likeness (QED) is 0.187. The molecule has 0 N–H and O–H groups in total. The zero-order valence-corrected chi connectivity index (χ0v) is 25.9. The molecule has 5 aromatic rings. The number of rotatable bonds is 9. The molecule has 0 amide bonds. The summed E-state index contributed by atoms with van der Waals surface area (Å²) in [5.74, 6) is 0.167. The number of thiazole rings is 1. The molecule has 4 aromatic carbocycles. The van der Waals surface area contributed by atoms with Crippen molar-refractivity contribution in [3.8, 4) is 11.5 Å².